The van der Waals surface area contributed by atoms with Gasteiger partial charge >= 0.3 is 5.97 Å². The molecule has 0 aromatic heterocycles. The van der Waals surface area contributed by atoms with Gasteiger partial charge in [0.1, 0.15) is 0 Å². The number of hydrogen-bond acceptors (Lipinski definition) is 4. The van der Waals surface area contributed by atoms with Gasteiger partial charge in [-0.25, -0.2) is 4.79 Å². The van der Waals surface area contributed by atoms with Crippen LogP contribution in [0.2, 0.25) is 0 Å². The Hall–Kier alpha value is -0.870. The summed E-state index contributed by atoms with van der Waals surface area (Å²) in [4.78, 5) is 12.2. The first kappa shape index (κ1) is 16.0. The van der Waals surface area contributed by atoms with E-state index in [2.05, 4.69) is 26.8 Å². The average Bonchev–Trinajstić information content (AvgIpc) is 2.88. The number of allylic oxidation sites excluding steroid dienone is 1. The topological polar surface area (TPSA) is 44.8 Å². The maximum absolute atomic E-state index is 12.2. The lowest BCUT2D eigenvalue weighted by molar-refractivity contribution is -0.317. The van der Waals surface area contributed by atoms with E-state index in [1.807, 2.05) is 0 Å². The number of methoxy groups -OCH3 is 1. The lowest BCUT2D eigenvalue weighted by Gasteiger charge is -2.47. The summed E-state index contributed by atoms with van der Waals surface area (Å²) in [6, 6.07) is 0. The predicted octanol–water partition coefficient (Wildman–Crippen LogP) is 3.31. The van der Waals surface area contributed by atoms with Gasteiger partial charge in [0.15, 0.2) is 5.79 Å². The Balaban J connectivity index is 1.86. The van der Waals surface area contributed by atoms with Crippen LogP contribution in [0.25, 0.3) is 0 Å². The highest BCUT2D eigenvalue weighted by Crippen LogP contribution is 2.54. The largest absolute Gasteiger partial charge is 0.466 e. The standard InChI is InChI=1S/C18H28O4/c1-5-12-8-14(16(19)20-4)13-6-7-18(15(13)9-12)21-10-17(2,3)11-22-18/h8,12-13,15H,5-7,9-11H2,1-4H3/t12-,13+,15-/m0/s1. The SMILES string of the molecule is CC[C@H]1C=C(C(=O)OC)[C@H]2CCC3(OCC(C)(C)CO3)[C@H]2C1. The average molecular weight is 308 g/mol. The number of carbonyl (C=O) groups excluding carboxylic acids is 1. The Morgan fingerprint density at radius 2 is 2.05 bits per heavy atom. The first-order valence-electron chi connectivity index (χ1n) is 8.49. The molecule has 2 aliphatic carbocycles. The van der Waals surface area contributed by atoms with Gasteiger partial charge in [0.05, 0.1) is 20.3 Å². The zero-order chi connectivity index (χ0) is 16.0. The van der Waals surface area contributed by atoms with Crippen molar-refractivity contribution >= 4 is 5.97 Å². The first-order valence-corrected chi connectivity index (χ1v) is 8.49. The fourth-order valence-electron chi connectivity index (χ4n) is 4.24. The van der Waals surface area contributed by atoms with Gasteiger partial charge in [-0.15, -0.1) is 0 Å². The molecule has 1 saturated heterocycles. The molecule has 4 nitrogen and oxygen atoms in total. The number of carbonyl (C=O) groups is 1. The molecule has 3 rings (SSSR count). The Bertz CT molecular complexity index is 469. The molecular formula is C18H28O4. The fraction of sp³-hybridized carbons (Fsp3) is 0.833. The molecule has 0 amide bonds. The van der Waals surface area contributed by atoms with E-state index < -0.39 is 5.79 Å². The van der Waals surface area contributed by atoms with Crippen LogP contribution in [-0.2, 0) is 19.0 Å². The molecule has 0 aromatic carbocycles. The summed E-state index contributed by atoms with van der Waals surface area (Å²) in [5.41, 5.74) is 0.919. The van der Waals surface area contributed by atoms with E-state index in [-0.39, 0.29) is 23.2 Å². The van der Waals surface area contributed by atoms with Crippen molar-refractivity contribution in [3.63, 3.8) is 0 Å². The molecule has 2 fully saturated rings. The molecule has 124 valence electrons. The molecule has 0 unspecified atom stereocenters. The molecule has 3 aliphatic rings. The third-order valence-electron chi connectivity index (χ3n) is 5.59. The summed E-state index contributed by atoms with van der Waals surface area (Å²) in [6.45, 7) is 7.96. The number of rotatable bonds is 2. The maximum Gasteiger partial charge on any atom is 0.333 e. The van der Waals surface area contributed by atoms with Crippen LogP contribution < -0.4 is 0 Å². The molecule has 0 bridgehead atoms. The van der Waals surface area contributed by atoms with E-state index in [1.165, 1.54) is 7.11 Å². The molecule has 1 saturated carbocycles. The highest BCUT2D eigenvalue weighted by atomic mass is 16.7. The van der Waals surface area contributed by atoms with Gasteiger partial charge < -0.3 is 14.2 Å². The molecule has 0 radical (unpaired) electrons. The number of fused-ring (bicyclic) bond motifs is 2. The van der Waals surface area contributed by atoms with E-state index >= 15 is 0 Å². The van der Waals surface area contributed by atoms with Crippen molar-refractivity contribution in [2.24, 2.45) is 23.2 Å². The summed E-state index contributed by atoms with van der Waals surface area (Å²) >= 11 is 0. The van der Waals surface area contributed by atoms with Crippen molar-refractivity contribution in [2.75, 3.05) is 20.3 Å². The molecule has 3 atom stereocenters. The van der Waals surface area contributed by atoms with E-state index in [0.29, 0.717) is 5.92 Å². The van der Waals surface area contributed by atoms with Crippen molar-refractivity contribution in [1.82, 2.24) is 0 Å². The summed E-state index contributed by atoms with van der Waals surface area (Å²) in [6.07, 6.45) is 6.04. The second-order valence-corrected chi connectivity index (χ2v) is 7.82. The van der Waals surface area contributed by atoms with Gasteiger partial charge in [0, 0.05) is 23.3 Å². The number of hydrogen-bond donors (Lipinski definition) is 0. The molecule has 0 aromatic rings. The fourth-order valence-corrected chi connectivity index (χ4v) is 4.24. The van der Waals surface area contributed by atoms with Crippen LogP contribution in [0.4, 0.5) is 0 Å². The van der Waals surface area contributed by atoms with Gasteiger partial charge in [-0.1, -0.05) is 26.8 Å². The third-order valence-corrected chi connectivity index (χ3v) is 5.59. The molecular weight excluding hydrogens is 280 g/mol. The van der Waals surface area contributed by atoms with Crippen LogP contribution in [0.5, 0.6) is 0 Å². The maximum atomic E-state index is 12.2. The molecule has 1 spiro atoms. The molecule has 0 N–H and O–H groups in total. The summed E-state index contributed by atoms with van der Waals surface area (Å²) in [7, 11) is 1.47. The number of esters is 1. The van der Waals surface area contributed by atoms with Crippen molar-refractivity contribution < 1.29 is 19.0 Å². The first-order chi connectivity index (χ1) is 10.4. The smallest absolute Gasteiger partial charge is 0.333 e. The van der Waals surface area contributed by atoms with Crippen LogP contribution in [0, 0.1) is 23.2 Å². The lowest BCUT2D eigenvalue weighted by atomic mass is 9.73. The van der Waals surface area contributed by atoms with E-state index in [0.717, 1.165) is 44.5 Å². The Morgan fingerprint density at radius 1 is 1.36 bits per heavy atom. The van der Waals surface area contributed by atoms with Crippen molar-refractivity contribution in [2.45, 2.75) is 52.2 Å². The van der Waals surface area contributed by atoms with Gasteiger partial charge in [-0.2, -0.15) is 0 Å². The van der Waals surface area contributed by atoms with Crippen LogP contribution in [-0.4, -0.2) is 32.1 Å². The van der Waals surface area contributed by atoms with Crippen LogP contribution in [0.15, 0.2) is 11.6 Å². The van der Waals surface area contributed by atoms with Crippen molar-refractivity contribution in [1.29, 1.82) is 0 Å². The quantitative estimate of drug-likeness (QED) is 0.734. The zero-order valence-electron chi connectivity index (χ0n) is 14.2. The Kier molecular flexibility index (Phi) is 4.11. The van der Waals surface area contributed by atoms with Crippen LogP contribution in [0.1, 0.15) is 46.5 Å². The van der Waals surface area contributed by atoms with Gasteiger partial charge in [-0.05, 0) is 31.1 Å². The van der Waals surface area contributed by atoms with E-state index in [4.69, 9.17) is 14.2 Å². The van der Waals surface area contributed by atoms with Crippen LogP contribution in [0.3, 0.4) is 0 Å². The summed E-state index contributed by atoms with van der Waals surface area (Å²) in [5.74, 6) is 0.235. The normalized spacial score (nSPS) is 35.8. The minimum absolute atomic E-state index is 0.0726. The summed E-state index contributed by atoms with van der Waals surface area (Å²) in [5, 5.41) is 0. The van der Waals surface area contributed by atoms with Gasteiger partial charge in [0.2, 0.25) is 0 Å². The van der Waals surface area contributed by atoms with Crippen molar-refractivity contribution in [3.8, 4) is 0 Å². The zero-order valence-corrected chi connectivity index (χ0v) is 14.2. The highest BCUT2D eigenvalue weighted by Gasteiger charge is 2.56. The molecule has 1 aliphatic heterocycles. The second-order valence-electron chi connectivity index (χ2n) is 7.82. The summed E-state index contributed by atoms with van der Waals surface area (Å²) < 4.78 is 17.5. The molecule has 1 heterocycles. The predicted molar refractivity (Wildman–Crippen MR) is 83.1 cm³/mol. The van der Waals surface area contributed by atoms with Crippen LogP contribution >= 0.6 is 0 Å². The molecule has 4 heteroatoms. The Morgan fingerprint density at radius 3 is 2.64 bits per heavy atom. The van der Waals surface area contributed by atoms with Crippen molar-refractivity contribution in [3.05, 3.63) is 11.6 Å². The lowest BCUT2D eigenvalue weighted by Crippen LogP contribution is -2.51. The minimum Gasteiger partial charge on any atom is -0.466 e. The third kappa shape index (κ3) is 2.61. The Labute approximate surface area is 133 Å². The van der Waals surface area contributed by atoms with E-state index in [9.17, 15) is 4.79 Å². The monoisotopic (exact) mass is 308 g/mol. The molecule has 22 heavy (non-hydrogen) atoms. The van der Waals surface area contributed by atoms with Gasteiger partial charge in [0.25, 0.3) is 0 Å². The van der Waals surface area contributed by atoms with E-state index in [1.54, 1.807) is 0 Å². The highest BCUT2D eigenvalue weighted by molar-refractivity contribution is 5.89. The minimum atomic E-state index is -0.485. The second kappa shape index (κ2) is 5.64. The van der Waals surface area contributed by atoms with Gasteiger partial charge in [-0.3, -0.25) is 0 Å². The number of ether oxygens (including phenoxy) is 3.